The van der Waals surface area contributed by atoms with Crippen molar-refractivity contribution >= 4 is 37.2 Å². The van der Waals surface area contributed by atoms with Gasteiger partial charge in [0.05, 0.1) is 6.04 Å². The van der Waals surface area contributed by atoms with Crippen LogP contribution in [0.3, 0.4) is 0 Å². The summed E-state index contributed by atoms with van der Waals surface area (Å²) in [7, 11) is 0. The lowest BCUT2D eigenvalue weighted by atomic mass is 9.84. The Balaban J connectivity index is 0.00000353. The van der Waals surface area contributed by atoms with Crippen LogP contribution in [0, 0.1) is 5.92 Å². The number of carbonyl (C=O) groups is 3. The van der Waals surface area contributed by atoms with Crippen LogP contribution in [0.25, 0.3) is 0 Å². The monoisotopic (exact) mass is 562 g/mol. The van der Waals surface area contributed by atoms with E-state index in [1.165, 1.54) is 12.8 Å². The number of carbonyl (C=O) groups excluding carboxylic acids is 2. The van der Waals surface area contributed by atoms with Gasteiger partial charge < -0.3 is 14.9 Å². The number of guanidine groups is 1. The van der Waals surface area contributed by atoms with E-state index in [0.29, 0.717) is 18.8 Å². The molecule has 8 nitrogen and oxygen atoms in total. The number of carboxylic acid groups (broad SMARTS) is 1. The standard InChI is InChI=1S/C30H48N4O4.H2S/c1-3-12-25-28(36)33(23-16-8-5-9-17-23)30(31-22-14-6-4-7-15-22)32(25)20(2)27(35)34-24-18-11-10-13-21(24)19-26(34)29(37)38;/h20-26H,3-19H2,1-2H3,(H,37,38);1H2/t20-,21-,24-,25?,26-;/m0./s1. The van der Waals surface area contributed by atoms with Gasteiger partial charge in [-0.3, -0.25) is 14.5 Å². The van der Waals surface area contributed by atoms with Crippen LogP contribution < -0.4 is 0 Å². The first-order chi connectivity index (χ1) is 18.4. The lowest BCUT2D eigenvalue weighted by Gasteiger charge is -2.39. The van der Waals surface area contributed by atoms with E-state index in [1.54, 1.807) is 4.90 Å². The summed E-state index contributed by atoms with van der Waals surface area (Å²) in [6.45, 7) is 3.99. The Morgan fingerprint density at radius 1 is 0.949 bits per heavy atom. The number of hydrogen-bond acceptors (Lipinski definition) is 4. The highest BCUT2D eigenvalue weighted by molar-refractivity contribution is 7.59. The summed E-state index contributed by atoms with van der Waals surface area (Å²) in [5.74, 6) is 0.0332. The maximum atomic E-state index is 14.3. The molecule has 39 heavy (non-hydrogen) atoms. The molecule has 220 valence electrons. The van der Waals surface area contributed by atoms with Crippen LogP contribution in [-0.4, -0.2) is 79.8 Å². The third-order valence-electron chi connectivity index (χ3n) is 10.1. The first kappa shape index (κ1) is 30.2. The highest BCUT2D eigenvalue weighted by Gasteiger charge is 2.53. The predicted octanol–water partition coefficient (Wildman–Crippen LogP) is 5.07. The fourth-order valence-electron chi connectivity index (χ4n) is 8.14. The van der Waals surface area contributed by atoms with Gasteiger partial charge in [-0.05, 0) is 64.2 Å². The molecule has 0 bridgehead atoms. The van der Waals surface area contributed by atoms with Crippen molar-refractivity contribution in [1.82, 2.24) is 14.7 Å². The molecule has 0 aromatic heterocycles. The molecule has 2 saturated heterocycles. The number of amides is 2. The van der Waals surface area contributed by atoms with Gasteiger partial charge in [0.2, 0.25) is 11.9 Å². The molecule has 0 aromatic carbocycles. The van der Waals surface area contributed by atoms with Crippen molar-refractivity contribution in [2.45, 2.75) is 159 Å². The van der Waals surface area contributed by atoms with Crippen molar-refractivity contribution < 1.29 is 19.5 Å². The lowest BCUT2D eigenvalue weighted by Crippen LogP contribution is -2.56. The molecule has 0 aromatic rings. The molecule has 0 spiro atoms. The second-order valence-electron chi connectivity index (χ2n) is 12.6. The van der Waals surface area contributed by atoms with Crippen LogP contribution >= 0.6 is 13.5 Å². The fourth-order valence-corrected chi connectivity index (χ4v) is 8.14. The number of carboxylic acids is 1. The first-order valence-corrected chi connectivity index (χ1v) is 15.7. The van der Waals surface area contributed by atoms with Gasteiger partial charge >= 0.3 is 5.97 Å². The average molecular weight is 563 g/mol. The minimum atomic E-state index is -0.900. The molecule has 5 rings (SSSR count). The van der Waals surface area contributed by atoms with E-state index in [0.717, 1.165) is 83.5 Å². The number of nitrogens with zero attached hydrogens (tertiary/aromatic N) is 4. The maximum absolute atomic E-state index is 14.3. The van der Waals surface area contributed by atoms with Gasteiger partial charge in [0, 0.05) is 12.1 Å². The van der Waals surface area contributed by atoms with Crippen molar-refractivity contribution in [3.05, 3.63) is 0 Å². The first-order valence-electron chi connectivity index (χ1n) is 15.7. The largest absolute Gasteiger partial charge is 0.480 e. The topological polar surface area (TPSA) is 93.5 Å². The Labute approximate surface area is 241 Å². The molecule has 2 amide bonds. The molecule has 9 heteroatoms. The van der Waals surface area contributed by atoms with Crippen molar-refractivity contribution in [3.8, 4) is 0 Å². The molecule has 0 radical (unpaired) electrons. The normalized spacial score (nSPS) is 32.3. The summed E-state index contributed by atoms with van der Waals surface area (Å²) in [5.41, 5.74) is 0. The van der Waals surface area contributed by atoms with E-state index in [2.05, 4.69) is 6.92 Å². The zero-order chi connectivity index (χ0) is 26.8. The van der Waals surface area contributed by atoms with Crippen LogP contribution in [0.1, 0.15) is 123 Å². The van der Waals surface area contributed by atoms with Crippen molar-refractivity contribution in [3.63, 3.8) is 0 Å². The molecule has 3 aliphatic carbocycles. The Morgan fingerprint density at radius 3 is 2.21 bits per heavy atom. The Hall–Kier alpha value is -1.77. The summed E-state index contributed by atoms with van der Waals surface area (Å²) in [6, 6.07) is -1.47. The Kier molecular flexibility index (Phi) is 10.3. The SMILES string of the molecule is CCCC1C(=O)N(C2CCCCC2)C(=NC2CCCCC2)N1[C@@H](C)C(=O)N1[C@H](C(=O)O)C[C@@H]2CCCC[C@@H]21.S. The number of rotatable bonds is 7. The molecule has 3 saturated carbocycles. The molecule has 2 heterocycles. The molecule has 1 unspecified atom stereocenters. The smallest absolute Gasteiger partial charge is 0.326 e. The van der Waals surface area contributed by atoms with Gasteiger partial charge in [-0.15, -0.1) is 0 Å². The summed E-state index contributed by atoms with van der Waals surface area (Å²) in [4.78, 5) is 51.7. The summed E-state index contributed by atoms with van der Waals surface area (Å²) < 4.78 is 0. The Bertz CT molecular complexity index is 917. The van der Waals surface area contributed by atoms with Crippen LogP contribution in [0.15, 0.2) is 4.99 Å². The summed E-state index contributed by atoms with van der Waals surface area (Å²) in [6.07, 6.45) is 17.1. The van der Waals surface area contributed by atoms with Gasteiger partial charge in [0.1, 0.15) is 18.1 Å². The van der Waals surface area contributed by atoms with Gasteiger partial charge in [0.25, 0.3) is 5.91 Å². The predicted molar refractivity (Wildman–Crippen MR) is 157 cm³/mol. The van der Waals surface area contributed by atoms with Crippen molar-refractivity contribution in [2.24, 2.45) is 10.9 Å². The lowest BCUT2D eigenvalue weighted by molar-refractivity contribution is -0.152. The van der Waals surface area contributed by atoms with Crippen molar-refractivity contribution in [1.29, 1.82) is 0 Å². The van der Waals surface area contributed by atoms with E-state index < -0.39 is 24.1 Å². The molecule has 5 aliphatic rings. The van der Waals surface area contributed by atoms with Crippen LogP contribution in [0.5, 0.6) is 0 Å². The number of likely N-dealkylation sites (tertiary alicyclic amines) is 1. The molecule has 5 atom stereocenters. The van der Waals surface area contributed by atoms with Gasteiger partial charge in [-0.2, -0.15) is 13.5 Å². The van der Waals surface area contributed by atoms with Gasteiger partial charge in [-0.1, -0.05) is 64.7 Å². The quantitative estimate of drug-likeness (QED) is 0.468. The highest BCUT2D eigenvalue weighted by atomic mass is 32.1. The minimum Gasteiger partial charge on any atom is -0.480 e. The number of fused-ring (bicyclic) bond motifs is 1. The molecular weight excluding hydrogens is 512 g/mol. The molecule has 1 N–H and O–H groups in total. The fraction of sp³-hybridized carbons (Fsp3) is 0.867. The average Bonchev–Trinajstić information content (AvgIpc) is 3.45. The molecule has 5 fully saturated rings. The van der Waals surface area contributed by atoms with E-state index in [4.69, 9.17) is 4.99 Å². The van der Waals surface area contributed by atoms with E-state index in [1.807, 2.05) is 16.7 Å². The third kappa shape index (κ3) is 5.98. The van der Waals surface area contributed by atoms with Crippen LogP contribution in [0.2, 0.25) is 0 Å². The summed E-state index contributed by atoms with van der Waals surface area (Å²) >= 11 is 0. The van der Waals surface area contributed by atoms with Crippen LogP contribution in [0.4, 0.5) is 0 Å². The zero-order valence-electron chi connectivity index (χ0n) is 24.0. The van der Waals surface area contributed by atoms with Crippen LogP contribution in [-0.2, 0) is 14.4 Å². The second kappa shape index (κ2) is 13.3. The Morgan fingerprint density at radius 2 is 1.56 bits per heavy atom. The number of hydrogen-bond donors (Lipinski definition) is 1. The molecular formula is C30H50N4O4S. The molecule has 2 aliphatic heterocycles. The van der Waals surface area contributed by atoms with E-state index >= 15 is 0 Å². The maximum Gasteiger partial charge on any atom is 0.326 e. The highest BCUT2D eigenvalue weighted by Crippen LogP contribution is 2.41. The third-order valence-corrected chi connectivity index (χ3v) is 10.1. The van der Waals surface area contributed by atoms with E-state index in [-0.39, 0.29) is 49.4 Å². The minimum absolute atomic E-state index is 0. The van der Waals surface area contributed by atoms with Gasteiger partial charge in [-0.25, -0.2) is 9.79 Å². The van der Waals surface area contributed by atoms with Gasteiger partial charge in [0.15, 0.2) is 0 Å². The second-order valence-corrected chi connectivity index (χ2v) is 12.6. The number of aliphatic imine (C=N–C) groups is 1. The zero-order valence-corrected chi connectivity index (χ0v) is 25.0. The summed E-state index contributed by atoms with van der Waals surface area (Å²) in [5, 5.41) is 10.1. The van der Waals surface area contributed by atoms with E-state index in [9.17, 15) is 19.5 Å². The number of aliphatic carboxylic acids is 1. The van der Waals surface area contributed by atoms with Crippen molar-refractivity contribution in [2.75, 3.05) is 0 Å².